The van der Waals surface area contributed by atoms with Gasteiger partial charge in [-0.1, -0.05) is 13.8 Å². The van der Waals surface area contributed by atoms with Crippen LogP contribution < -0.4 is 10.6 Å². The van der Waals surface area contributed by atoms with Crippen LogP contribution in [-0.4, -0.2) is 39.8 Å². The Kier molecular flexibility index (Phi) is 16.0. The van der Waals surface area contributed by atoms with Crippen molar-refractivity contribution in [3.63, 3.8) is 0 Å². The number of rotatable bonds is 6. The van der Waals surface area contributed by atoms with Gasteiger partial charge in [-0.3, -0.25) is 4.79 Å². The summed E-state index contributed by atoms with van der Waals surface area (Å²) in [5, 5.41) is 5.50. The molecule has 0 aromatic carbocycles. The van der Waals surface area contributed by atoms with E-state index in [1.165, 1.54) is 0 Å². The molecule has 0 atom stereocenters. The van der Waals surface area contributed by atoms with Crippen LogP contribution in [0.2, 0.25) is 0 Å². The molecule has 0 aliphatic carbocycles. The summed E-state index contributed by atoms with van der Waals surface area (Å²) >= 11 is 0. The Bertz CT molecular complexity index is 108. The second kappa shape index (κ2) is 13.9. The first kappa shape index (κ1) is 14.9. The Morgan fingerprint density at radius 1 is 1.38 bits per heavy atom. The number of carbonyl (C=O) groups is 1. The summed E-state index contributed by atoms with van der Waals surface area (Å²) in [4.78, 5) is 10.8. The Balaban J connectivity index is 0. The lowest BCUT2D eigenvalue weighted by atomic mass is 10.4. The SMILES string of the molecule is CC.CNCC(=O)NCCCOC. The van der Waals surface area contributed by atoms with Gasteiger partial charge in [0.25, 0.3) is 0 Å². The number of hydrogen-bond donors (Lipinski definition) is 2. The molecule has 0 fully saturated rings. The molecule has 80 valence electrons. The fraction of sp³-hybridized carbons (Fsp3) is 0.889. The van der Waals surface area contributed by atoms with Crippen LogP contribution in [0.15, 0.2) is 0 Å². The van der Waals surface area contributed by atoms with E-state index >= 15 is 0 Å². The van der Waals surface area contributed by atoms with Gasteiger partial charge in [0.05, 0.1) is 6.54 Å². The molecular formula is C9H22N2O2. The zero-order chi connectivity index (χ0) is 10.5. The number of methoxy groups -OCH3 is 1. The van der Waals surface area contributed by atoms with Gasteiger partial charge in [0, 0.05) is 20.3 Å². The normalized spacial score (nSPS) is 8.62. The third-order valence-electron chi connectivity index (χ3n) is 1.18. The first-order valence-electron chi connectivity index (χ1n) is 4.71. The summed E-state index contributed by atoms with van der Waals surface area (Å²) < 4.78 is 4.82. The molecule has 0 bridgehead atoms. The highest BCUT2D eigenvalue weighted by Gasteiger charge is 1.95. The van der Waals surface area contributed by atoms with Gasteiger partial charge in [-0.25, -0.2) is 0 Å². The lowest BCUT2D eigenvalue weighted by molar-refractivity contribution is -0.120. The largest absolute Gasteiger partial charge is 0.385 e. The highest BCUT2D eigenvalue weighted by atomic mass is 16.5. The molecule has 0 aliphatic heterocycles. The summed E-state index contributed by atoms with van der Waals surface area (Å²) in [7, 11) is 3.39. The average molecular weight is 190 g/mol. The molecule has 4 heteroatoms. The Labute approximate surface area is 81.0 Å². The number of carbonyl (C=O) groups excluding carboxylic acids is 1. The minimum atomic E-state index is 0.0311. The molecule has 0 spiro atoms. The smallest absolute Gasteiger partial charge is 0.233 e. The zero-order valence-electron chi connectivity index (χ0n) is 9.14. The Morgan fingerprint density at radius 2 is 2.00 bits per heavy atom. The lowest BCUT2D eigenvalue weighted by Gasteiger charge is -2.02. The van der Waals surface area contributed by atoms with Crippen molar-refractivity contribution in [3.05, 3.63) is 0 Å². The van der Waals surface area contributed by atoms with Crippen LogP contribution in [0.1, 0.15) is 20.3 Å². The monoisotopic (exact) mass is 190 g/mol. The van der Waals surface area contributed by atoms with E-state index in [4.69, 9.17) is 4.74 Å². The van der Waals surface area contributed by atoms with E-state index in [2.05, 4.69) is 10.6 Å². The maximum absolute atomic E-state index is 10.8. The van der Waals surface area contributed by atoms with Crippen molar-refractivity contribution < 1.29 is 9.53 Å². The van der Waals surface area contributed by atoms with E-state index in [0.29, 0.717) is 19.7 Å². The standard InChI is InChI=1S/C7H16N2O2.C2H6/c1-8-6-7(10)9-4-3-5-11-2;1-2/h8H,3-6H2,1-2H3,(H,9,10);1-2H3. The Morgan fingerprint density at radius 3 is 2.46 bits per heavy atom. The van der Waals surface area contributed by atoms with Gasteiger partial charge in [-0.2, -0.15) is 0 Å². The summed E-state index contributed by atoms with van der Waals surface area (Å²) in [6, 6.07) is 0. The van der Waals surface area contributed by atoms with Crippen molar-refractivity contribution in [2.45, 2.75) is 20.3 Å². The molecule has 1 amide bonds. The van der Waals surface area contributed by atoms with Crippen LogP contribution in [0.25, 0.3) is 0 Å². The number of likely N-dealkylation sites (N-methyl/N-ethyl adjacent to an activating group) is 1. The van der Waals surface area contributed by atoms with Gasteiger partial charge in [0.15, 0.2) is 0 Å². The van der Waals surface area contributed by atoms with Crippen LogP contribution in [0.4, 0.5) is 0 Å². The highest BCUT2D eigenvalue weighted by Crippen LogP contribution is 1.76. The minimum absolute atomic E-state index is 0.0311. The van der Waals surface area contributed by atoms with Crippen molar-refractivity contribution >= 4 is 5.91 Å². The summed E-state index contributed by atoms with van der Waals surface area (Å²) in [6.07, 6.45) is 0.867. The van der Waals surface area contributed by atoms with Crippen LogP contribution in [0, 0.1) is 0 Å². The number of ether oxygens (including phenoxy) is 1. The topological polar surface area (TPSA) is 50.4 Å². The van der Waals surface area contributed by atoms with Crippen molar-refractivity contribution in [3.8, 4) is 0 Å². The molecule has 0 aromatic heterocycles. The maximum atomic E-state index is 10.8. The van der Waals surface area contributed by atoms with Crippen molar-refractivity contribution in [2.75, 3.05) is 33.9 Å². The molecule has 0 unspecified atom stereocenters. The van der Waals surface area contributed by atoms with Crippen molar-refractivity contribution in [1.29, 1.82) is 0 Å². The predicted molar refractivity (Wildman–Crippen MR) is 54.8 cm³/mol. The maximum Gasteiger partial charge on any atom is 0.233 e. The van der Waals surface area contributed by atoms with Crippen molar-refractivity contribution in [1.82, 2.24) is 10.6 Å². The summed E-state index contributed by atoms with van der Waals surface area (Å²) in [6.45, 7) is 5.77. The first-order valence-corrected chi connectivity index (χ1v) is 4.71. The van der Waals surface area contributed by atoms with Crippen LogP contribution in [0.3, 0.4) is 0 Å². The van der Waals surface area contributed by atoms with Gasteiger partial charge in [-0.15, -0.1) is 0 Å². The quantitative estimate of drug-likeness (QED) is 0.596. The van der Waals surface area contributed by atoms with Gasteiger partial charge >= 0.3 is 0 Å². The lowest BCUT2D eigenvalue weighted by Crippen LogP contribution is -2.33. The molecule has 0 aliphatic rings. The number of hydrogen-bond acceptors (Lipinski definition) is 3. The molecule has 0 saturated heterocycles. The van der Waals surface area contributed by atoms with E-state index in [9.17, 15) is 4.79 Å². The van der Waals surface area contributed by atoms with Crippen LogP contribution in [0.5, 0.6) is 0 Å². The molecular weight excluding hydrogens is 168 g/mol. The van der Waals surface area contributed by atoms with E-state index < -0.39 is 0 Å². The number of nitrogens with one attached hydrogen (secondary N) is 2. The molecule has 0 saturated carbocycles. The van der Waals surface area contributed by atoms with Crippen LogP contribution >= 0.6 is 0 Å². The third kappa shape index (κ3) is 14.3. The third-order valence-corrected chi connectivity index (χ3v) is 1.18. The molecule has 4 nitrogen and oxygen atoms in total. The van der Waals surface area contributed by atoms with Crippen molar-refractivity contribution in [2.24, 2.45) is 0 Å². The zero-order valence-corrected chi connectivity index (χ0v) is 9.14. The van der Waals surface area contributed by atoms with E-state index in [1.807, 2.05) is 13.8 Å². The molecule has 0 rings (SSSR count). The van der Waals surface area contributed by atoms with Gasteiger partial charge < -0.3 is 15.4 Å². The summed E-state index contributed by atoms with van der Waals surface area (Å²) in [5.74, 6) is 0.0311. The van der Waals surface area contributed by atoms with E-state index in [1.54, 1.807) is 14.2 Å². The molecule has 0 heterocycles. The second-order valence-electron chi connectivity index (χ2n) is 2.23. The summed E-state index contributed by atoms with van der Waals surface area (Å²) in [5.41, 5.74) is 0. The molecule has 2 N–H and O–H groups in total. The molecule has 13 heavy (non-hydrogen) atoms. The van der Waals surface area contributed by atoms with Gasteiger partial charge in [-0.05, 0) is 13.5 Å². The second-order valence-corrected chi connectivity index (χ2v) is 2.23. The van der Waals surface area contributed by atoms with Crippen LogP contribution in [-0.2, 0) is 9.53 Å². The fourth-order valence-electron chi connectivity index (χ4n) is 0.667. The van der Waals surface area contributed by atoms with Gasteiger partial charge in [0.2, 0.25) is 5.91 Å². The van der Waals surface area contributed by atoms with E-state index in [0.717, 1.165) is 6.42 Å². The molecule has 0 aromatic rings. The van der Waals surface area contributed by atoms with Gasteiger partial charge in [0.1, 0.15) is 0 Å². The Hall–Kier alpha value is -0.610. The highest BCUT2D eigenvalue weighted by molar-refractivity contribution is 5.77. The molecule has 0 radical (unpaired) electrons. The fourth-order valence-corrected chi connectivity index (χ4v) is 0.667. The minimum Gasteiger partial charge on any atom is -0.385 e. The predicted octanol–water partition coefficient (Wildman–Crippen LogP) is 0.385. The average Bonchev–Trinajstić information content (AvgIpc) is 2.16. The first-order chi connectivity index (χ1) is 6.31. The number of amides is 1. The van der Waals surface area contributed by atoms with E-state index in [-0.39, 0.29) is 5.91 Å².